The van der Waals surface area contributed by atoms with Crippen molar-refractivity contribution in [3.63, 3.8) is 0 Å². The number of aliphatic hydroxyl groups excluding tert-OH is 1. The zero-order chi connectivity index (χ0) is 10.6. The Morgan fingerprint density at radius 3 is 2.36 bits per heavy atom. The van der Waals surface area contributed by atoms with Crippen LogP contribution in [0, 0.1) is 0 Å². The molecule has 3 heteroatoms. The minimum absolute atomic E-state index is 0.0693. The topological polar surface area (TPSA) is 20.2 Å². The summed E-state index contributed by atoms with van der Waals surface area (Å²) in [6.07, 6.45) is -1.88. The van der Waals surface area contributed by atoms with Crippen molar-refractivity contribution in [2.45, 2.75) is 31.8 Å². The Morgan fingerprint density at radius 2 is 1.86 bits per heavy atom. The second-order valence-electron chi connectivity index (χ2n) is 3.35. The molecule has 14 heavy (non-hydrogen) atoms. The van der Waals surface area contributed by atoms with Crippen molar-refractivity contribution in [2.24, 2.45) is 0 Å². The third-order valence-corrected chi connectivity index (χ3v) is 2.16. The number of alkyl halides is 2. The van der Waals surface area contributed by atoms with Gasteiger partial charge < -0.3 is 5.11 Å². The molecule has 0 heterocycles. The molecule has 0 aliphatic carbocycles. The van der Waals surface area contributed by atoms with E-state index in [1.54, 1.807) is 37.3 Å². The molecule has 1 N–H and O–H groups in total. The lowest BCUT2D eigenvalue weighted by Gasteiger charge is -2.21. The van der Waals surface area contributed by atoms with E-state index in [0.29, 0.717) is 5.56 Å². The average molecular weight is 200 g/mol. The Hall–Kier alpha value is -0.960. The predicted octanol–water partition coefficient (Wildman–Crippen LogP) is 2.64. The molecule has 1 aromatic rings. The van der Waals surface area contributed by atoms with Crippen molar-refractivity contribution in [3.8, 4) is 0 Å². The van der Waals surface area contributed by atoms with Gasteiger partial charge in [-0.25, -0.2) is 8.78 Å². The molecule has 0 aromatic heterocycles. The smallest absolute Gasteiger partial charge is 0.277 e. The monoisotopic (exact) mass is 200 g/mol. The van der Waals surface area contributed by atoms with E-state index in [9.17, 15) is 8.78 Å². The van der Waals surface area contributed by atoms with E-state index >= 15 is 0 Å². The van der Waals surface area contributed by atoms with Gasteiger partial charge >= 0.3 is 0 Å². The van der Waals surface area contributed by atoms with Crippen LogP contribution in [0.2, 0.25) is 0 Å². The first-order chi connectivity index (χ1) is 6.56. The van der Waals surface area contributed by atoms with E-state index in [1.807, 2.05) is 0 Å². The summed E-state index contributed by atoms with van der Waals surface area (Å²) in [4.78, 5) is 0. The summed E-state index contributed by atoms with van der Waals surface area (Å²) in [6, 6.07) is 8.47. The van der Waals surface area contributed by atoms with Crippen LogP contribution in [-0.4, -0.2) is 17.1 Å². The first-order valence-corrected chi connectivity index (χ1v) is 4.66. The summed E-state index contributed by atoms with van der Waals surface area (Å²) in [5, 5.41) is 9.10. The third-order valence-electron chi connectivity index (χ3n) is 2.16. The van der Waals surface area contributed by atoms with E-state index < -0.39 is 18.4 Å². The highest BCUT2D eigenvalue weighted by Crippen LogP contribution is 2.25. The van der Waals surface area contributed by atoms with Crippen molar-refractivity contribution >= 4 is 0 Å². The maximum absolute atomic E-state index is 13.3. The first-order valence-electron chi connectivity index (χ1n) is 4.66. The fourth-order valence-electron chi connectivity index (χ4n) is 1.28. The van der Waals surface area contributed by atoms with Gasteiger partial charge in [0.15, 0.2) is 0 Å². The molecule has 0 fully saturated rings. The van der Waals surface area contributed by atoms with Gasteiger partial charge in [-0.05, 0) is 12.0 Å². The molecule has 0 amide bonds. The van der Waals surface area contributed by atoms with Gasteiger partial charge in [0.2, 0.25) is 0 Å². The Labute approximate surface area is 82.4 Å². The summed E-state index contributed by atoms with van der Waals surface area (Å²) in [6.45, 7) is 1.55. The zero-order valence-corrected chi connectivity index (χ0v) is 8.08. The molecule has 1 atom stereocenters. The summed E-state index contributed by atoms with van der Waals surface area (Å²) in [5.41, 5.74) is 0.546. The van der Waals surface area contributed by atoms with Gasteiger partial charge in [0.25, 0.3) is 5.92 Å². The van der Waals surface area contributed by atoms with E-state index in [1.165, 1.54) is 0 Å². The Bertz CT molecular complexity index is 272. The summed E-state index contributed by atoms with van der Waals surface area (Å²) < 4.78 is 26.5. The average Bonchev–Trinajstić information content (AvgIpc) is 2.17. The molecule has 1 unspecified atom stereocenters. The second-order valence-corrected chi connectivity index (χ2v) is 3.35. The molecule has 0 spiro atoms. The lowest BCUT2D eigenvalue weighted by molar-refractivity contribution is -0.108. The van der Waals surface area contributed by atoms with Crippen LogP contribution in [-0.2, 0) is 6.42 Å². The fourth-order valence-corrected chi connectivity index (χ4v) is 1.28. The molecule has 1 aromatic carbocycles. The van der Waals surface area contributed by atoms with Gasteiger partial charge in [-0.2, -0.15) is 0 Å². The van der Waals surface area contributed by atoms with Crippen LogP contribution in [0.15, 0.2) is 30.3 Å². The molecule has 0 radical (unpaired) electrons. The minimum atomic E-state index is -3.03. The van der Waals surface area contributed by atoms with E-state index in [-0.39, 0.29) is 6.42 Å². The van der Waals surface area contributed by atoms with Crippen LogP contribution in [0.5, 0.6) is 0 Å². The molecular weight excluding hydrogens is 186 g/mol. The highest BCUT2D eigenvalue weighted by atomic mass is 19.3. The van der Waals surface area contributed by atoms with E-state index in [0.717, 1.165) is 0 Å². The molecule has 0 aliphatic heterocycles. The highest BCUT2D eigenvalue weighted by molar-refractivity contribution is 5.16. The normalized spacial score (nSPS) is 14.0. The summed E-state index contributed by atoms with van der Waals surface area (Å²) >= 11 is 0. The van der Waals surface area contributed by atoms with Crippen molar-refractivity contribution in [1.29, 1.82) is 0 Å². The SMILES string of the molecule is CCC(O)C(F)(F)Cc1ccccc1. The van der Waals surface area contributed by atoms with Crippen molar-refractivity contribution in [3.05, 3.63) is 35.9 Å². The van der Waals surface area contributed by atoms with Crippen LogP contribution in [0.1, 0.15) is 18.9 Å². The molecule has 0 bridgehead atoms. The molecule has 0 saturated carbocycles. The standard InChI is InChI=1S/C11H14F2O/c1-2-10(14)11(12,13)8-9-6-4-3-5-7-9/h3-7,10,14H,2,8H2,1H3. The molecule has 0 aliphatic rings. The third kappa shape index (κ3) is 2.77. The zero-order valence-electron chi connectivity index (χ0n) is 8.08. The fraction of sp³-hybridized carbons (Fsp3) is 0.455. The quantitative estimate of drug-likeness (QED) is 0.792. The second kappa shape index (κ2) is 4.51. The highest BCUT2D eigenvalue weighted by Gasteiger charge is 2.36. The number of halogens is 2. The Kier molecular flexibility index (Phi) is 3.58. The minimum Gasteiger partial charge on any atom is -0.387 e. The number of benzene rings is 1. The van der Waals surface area contributed by atoms with Crippen molar-refractivity contribution in [1.82, 2.24) is 0 Å². The van der Waals surface area contributed by atoms with Crippen molar-refractivity contribution in [2.75, 3.05) is 0 Å². The van der Waals surface area contributed by atoms with Crippen molar-refractivity contribution < 1.29 is 13.9 Å². The van der Waals surface area contributed by atoms with Crippen LogP contribution >= 0.6 is 0 Å². The van der Waals surface area contributed by atoms with Gasteiger partial charge in [0.05, 0.1) is 0 Å². The lowest BCUT2D eigenvalue weighted by atomic mass is 10.0. The Morgan fingerprint density at radius 1 is 1.29 bits per heavy atom. The van der Waals surface area contributed by atoms with E-state index in [2.05, 4.69) is 0 Å². The number of hydrogen-bond acceptors (Lipinski definition) is 1. The first kappa shape index (κ1) is 11.1. The maximum atomic E-state index is 13.3. The molecular formula is C11H14F2O. The number of hydrogen-bond donors (Lipinski definition) is 1. The van der Waals surface area contributed by atoms with Crippen LogP contribution in [0.25, 0.3) is 0 Å². The maximum Gasteiger partial charge on any atom is 0.277 e. The van der Waals surface area contributed by atoms with Crippen LogP contribution < -0.4 is 0 Å². The molecule has 78 valence electrons. The molecule has 1 rings (SSSR count). The number of aliphatic hydroxyl groups is 1. The van der Waals surface area contributed by atoms with Gasteiger partial charge in [-0.3, -0.25) is 0 Å². The van der Waals surface area contributed by atoms with Gasteiger partial charge in [0, 0.05) is 6.42 Å². The number of rotatable bonds is 4. The van der Waals surface area contributed by atoms with Gasteiger partial charge in [0.1, 0.15) is 6.10 Å². The summed E-state index contributed by atoms with van der Waals surface area (Å²) in [7, 11) is 0. The van der Waals surface area contributed by atoms with Crippen LogP contribution in [0.3, 0.4) is 0 Å². The van der Waals surface area contributed by atoms with Gasteiger partial charge in [-0.1, -0.05) is 37.3 Å². The van der Waals surface area contributed by atoms with Gasteiger partial charge in [-0.15, -0.1) is 0 Å². The van der Waals surface area contributed by atoms with Crippen LogP contribution in [0.4, 0.5) is 8.78 Å². The molecule has 1 nitrogen and oxygen atoms in total. The predicted molar refractivity (Wildman–Crippen MR) is 51.4 cm³/mol. The lowest BCUT2D eigenvalue weighted by Crippen LogP contribution is -2.35. The molecule has 0 saturated heterocycles. The largest absolute Gasteiger partial charge is 0.387 e. The summed E-state index contributed by atoms with van der Waals surface area (Å²) in [5.74, 6) is -3.03. The van der Waals surface area contributed by atoms with E-state index in [4.69, 9.17) is 5.11 Å². The Balaban J connectivity index is 2.68.